The molecule has 1 aliphatic carbocycles. The molecule has 1 aromatic carbocycles. The highest BCUT2D eigenvalue weighted by molar-refractivity contribution is 5.84. The minimum absolute atomic E-state index is 0.0184. The van der Waals surface area contributed by atoms with Crippen molar-refractivity contribution in [3.05, 3.63) is 35.6 Å². The number of halogens is 1. The quantitative estimate of drug-likeness (QED) is 0.825. The third-order valence-corrected chi connectivity index (χ3v) is 7.41. The van der Waals surface area contributed by atoms with Gasteiger partial charge in [0.25, 0.3) is 0 Å². The third-order valence-electron chi connectivity index (χ3n) is 7.41. The highest BCUT2D eigenvalue weighted by atomic mass is 19.1. The van der Waals surface area contributed by atoms with Crippen molar-refractivity contribution in [2.45, 2.75) is 69.6 Å². The first-order valence-corrected chi connectivity index (χ1v) is 11.5. The molecule has 1 saturated carbocycles. The summed E-state index contributed by atoms with van der Waals surface area (Å²) in [7, 11) is 0. The number of nitrogens with zero attached hydrogens (tertiary/aromatic N) is 3. The minimum atomic E-state index is -0.278. The maximum Gasteiger partial charge on any atom is 0.242 e. The first-order chi connectivity index (χ1) is 14.6. The Bertz CT molecular complexity index is 812. The fraction of sp³-hybridized carbons (Fsp3) is 0.652. The molecule has 3 heterocycles. The SMILES string of the molecule is O=C(C1CCC2C(C1)N(Cc1cccc(F)c1)C(=O)C1CCNN12)N1CCCCC1. The van der Waals surface area contributed by atoms with E-state index in [2.05, 4.69) is 10.4 Å². The summed E-state index contributed by atoms with van der Waals surface area (Å²) in [5.74, 6) is 0.0742. The fourth-order valence-corrected chi connectivity index (χ4v) is 5.94. The van der Waals surface area contributed by atoms with Gasteiger partial charge >= 0.3 is 0 Å². The number of piperazine rings is 1. The standard InChI is InChI=1S/C23H31FN4O2/c24-18-6-4-5-16(13-18)15-27-21-14-17(22(29)26-11-2-1-3-12-26)7-8-19(21)28-20(23(27)30)9-10-25-28/h4-6,13,17,19-21,25H,1-3,7-12,14-15H2. The van der Waals surface area contributed by atoms with Gasteiger partial charge in [0.05, 0.1) is 0 Å². The Labute approximate surface area is 177 Å². The van der Waals surface area contributed by atoms with E-state index < -0.39 is 0 Å². The number of hydrogen-bond acceptors (Lipinski definition) is 4. The van der Waals surface area contributed by atoms with E-state index in [4.69, 9.17) is 0 Å². The molecule has 4 atom stereocenters. The van der Waals surface area contributed by atoms with E-state index >= 15 is 0 Å². The average Bonchev–Trinajstić information content (AvgIpc) is 3.27. The van der Waals surface area contributed by atoms with E-state index in [1.54, 1.807) is 6.07 Å². The highest BCUT2D eigenvalue weighted by Gasteiger charge is 2.51. The van der Waals surface area contributed by atoms with Crippen molar-refractivity contribution in [2.75, 3.05) is 19.6 Å². The Morgan fingerprint density at radius 3 is 2.73 bits per heavy atom. The highest BCUT2D eigenvalue weighted by Crippen LogP contribution is 2.39. The predicted molar refractivity (Wildman–Crippen MR) is 111 cm³/mol. The van der Waals surface area contributed by atoms with Gasteiger partial charge in [-0.25, -0.2) is 9.40 Å². The lowest BCUT2D eigenvalue weighted by Gasteiger charge is -2.52. The number of hydrazine groups is 1. The summed E-state index contributed by atoms with van der Waals surface area (Å²) >= 11 is 0. The van der Waals surface area contributed by atoms with E-state index in [9.17, 15) is 14.0 Å². The Kier molecular flexibility index (Phi) is 5.50. The molecule has 6 nitrogen and oxygen atoms in total. The molecule has 2 amide bonds. The van der Waals surface area contributed by atoms with E-state index in [1.807, 2.05) is 15.9 Å². The zero-order valence-electron chi connectivity index (χ0n) is 17.4. The summed E-state index contributed by atoms with van der Waals surface area (Å²) in [4.78, 5) is 30.6. The molecule has 1 aromatic rings. The number of piperidine rings is 1. The predicted octanol–water partition coefficient (Wildman–Crippen LogP) is 2.30. The second kappa shape index (κ2) is 8.27. The molecule has 5 rings (SSSR count). The molecular weight excluding hydrogens is 383 g/mol. The summed E-state index contributed by atoms with van der Waals surface area (Å²) in [6, 6.07) is 6.58. The van der Waals surface area contributed by atoms with Crippen LogP contribution in [-0.2, 0) is 16.1 Å². The average molecular weight is 415 g/mol. The molecule has 0 radical (unpaired) electrons. The topological polar surface area (TPSA) is 55.9 Å². The van der Waals surface area contributed by atoms with E-state index in [1.165, 1.54) is 18.6 Å². The monoisotopic (exact) mass is 414 g/mol. The number of hydrogen-bond donors (Lipinski definition) is 1. The zero-order chi connectivity index (χ0) is 20.7. The number of fused-ring (bicyclic) bond motifs is 3. The fourth-order valence-electron chi connectivity index (χ4n) is 5.94. The molecule has 162 valence electrons. The molecule has 0 aromatic heterocycles. The minimum Gasteiger partial charge on any atom is -0.342 e. The first-order valence-electron chi connectivity index (χ1n) is 11.5. The molecule has 4 aliphatic rings. The molecule has 30 heavy (non-hydrogen) atoms. The van der Waals surface area contributed by atoms with Gasteiger partial charge in [0.15, 0.2) is 0 Å². The zero-order valence-corrected chi connectivity index (χ0v) is 17.4. The maximum absolute atomic E-state index is 13.8. The first kappa shape index (κ1) is 19.9. The number of nitrogens with one attached hydrogen (secondary N) is 1. The van der Waals surface area contributed by atoms with Crippen molar-refractivity contribution in [2.24, 2.45) is 5.92 Å². The number of benzene rings is 1. The van der Waals surface area contributed by atoms with Crippen molar-refractivity contribution in [1.82, 2.24) is 20.2 Å². The number of likely N-dealkylation sites (tertiary alicyclic amines) is 1. The van der Waals surface area contributed by atoms with E-state index in [0.29, 0.717) is 13.0 Å². The van der Waals surface area contributed by atoms with Crippen LogP contribution >= 0.6 is 0 Å². The summed E-state index contributed by atoms with van der Waals surface area (Å²) in [5.41, 5.74) is 4.23. The van der Waals surface area contributed by atoms with Crippen LogP contribution in [0, 0.1) is 11.7 Å². The van der Waals surface area contributed by atoms with Crippen molar-refractivity contribution < 1.29 is 14.0 Å². The Morgan fingerprint density at radius 1 is 1.10 bits per heavy atom. The van der Waals surface area contributed by atoms with Gasteiger partial charge in [-0.3, -0.25) is 15.0 Å². The van der Waals surface area contributed by atoms with Gasteiger partial charge in [-0.05, 0) is 62.6 Å². The van der Waals surface area contributed by atoms with Crippen LogP contribution in [0.4, 0.5) is 4.39 Å². The van der Waals surface area contributed by atoms with Gasteiger partial charge in [-0.2, -0.15) is 0 Å². The molecule has 0 bridgehead atoms. The summed E-state index contributed by atoms with van der Waals surface area (Å²) < 4.78 is 13.8. The summed E-state index contributed by atoms with van der Waals surface area (Å²) in [6.07, 6.45) is 6.68. The number of carbonyl (C=O) groups is 2. The van der Waals surface area contributed by atoms with Crippen LogP contribution in [-0.4, -0.2) is 64.4 Å². The number of carbonyl (C=O) groups excluding carboxylic acids is 2. The molecule has 3 aliphatic heterocycles. The van der Waals surface area contributed by atoms with Crippen LogP contribution in [0.3, 0.4) is 0 Å². The van der Waals surface area contributed by atoms with Crippen molar-refractivity contribution in [3.63, 3.8) is 0 Å². The van der Waals surface area contributed by atoms with Crippen LogP contribution in [0.1, 0.15) is 50.5 Å². The summed E-state index contributed by atoms with van der Waals surface area (Å²) in [6.45, 7) is 2.95. The number of amides is 2. The normalized spacial score (nSPS) is 32.1. The molecule has 1 N–H and O–H groups in total. The van der Waals surface area contributed by atoms with Crippen molar-refractivity contribution >= 4 is 11.8 Å². The van der Waals surface area contributed by atoms with Gasteiger partial charge in [0.1, 0.15) is 11.9 Å². The van der Waals surface area contributed by atoms with Gasteiger partial charge in [0.2, 0.25) is 11.8 Å². The van der Waals surface area contributed by atoms with Gasteiger partial charge in [-0.15, -0.1) is 0 Å². The molecule has 0 spiro atoms. The third kappa shape index (κ3) is 3.62. The van der Waals surface area contributed by atoms with Gasteiger partial charge in [-0.1, -0.05) is 12.1 Å². The molecule has 3 saturated heterocycles. The van der Waals surface area contributed by atoms with E-state index in [0.717, 1.165) is 57.3 Å². The van der Waals surface area contributed by atoms with Gasteiger partial charge in [0, 0.05) is 44.2 Å². The summed E-state index contributed by atoms with van der Waals surface area (Å²) in [5, 5.41) is 2.16. The molecule has 4 fully saturated rings. The number of rotatable bonds is 3. The maximum atomic E-state index is 13.8. The lowest BCUT2D eigenvalue weighted by Crippen LogP contribution is -2.68. The van der Waals surface area contributed by atoms with Crippen molar-refractivity contribution in [3.8, 4) is 0 Å². The van der Waals surface area contributed by atoms with Gasteiger partial charge < -0.3 is 9.80 Å². The molecule has 7 heteroatoms. The van der Waals surface area contributed by atoms with Crippen LogP contribution in [0.25, 0.3) is 0 Å². The Balaban J connectivity index is 1.38. The van der Waals surface area contributed by atoms with Crippen LogP contribution < -0.4 is 5.43 Å². The van der Waals surface area contributed by atoms with Crippen LogP contribution in [0.2, 0.25) is 0 Å². The molecule has 4 unspecified atom stereocenters. The lowest BCUT2D eigenvalue weighted by molar-refractivity contribution is -0.158. The molecular formula is C23H31FN4O2. The van der Waals surface area contributed by atoms with E-state index in [-0.39, 0.29) is 41.7 Å². The van der Waals surface area contributed by atoms with Crippen LogP contribution in [0.5, 0.6) is 0 Å². The Hall–Kier alpha value is -1.99. The largest absolute Gasteiger partial charge is 0.342 e. The smallest absolute Gasteiger partial charge is 0.242 e. The second-order valence-corrected chi connectivity index (χ2v) is 9.25. The Morgan fingerprint density at radius 2 is 1.93 bits per heavy atom. The van der Waals surface area contributed by atoms with Crippen LogP contribution in [0.15, 0.2) is 24.3 Å². The lowest BCUT2D eigenvalue weighted by atomic mass is 9.78. The second-order valence-electron chi connectivity index (χ2n) is 9.25. The van der Waals surface area contributed by atoms with Crippen molar-refractivity contribution in [1.29, 1.82) is 0 Å².